The molecule has 23 heavy (non-hydrogen) atoms. The molecule has 0 fully saturated rings. The van der Waals surface area contributed by atoms with Gasteiger partial charge in [-0.2, -0.15) is 0 Å². The molecule has 6 heteroatoms. The van der Waals surface area contributed by atoms with Gasteiger partial charge in [0.2, 0.25) is 0 Å². The zero-order valence-corrected chi connectivity index (χ0v) is 16.1. The molecule has 0 atom stereocenters. The van der Waals surface area contributed by atoms with Gasteiger partial charge < -0.3 is 15.3 Å². The van der Waals surface area contributed by atoms with Gasteiger partial charge in [-0.1, -0.05) is 36.7 Å². The third-order valence-corrected chi connectivity index (χ3v) is 4.40. The predicted molar refractivity (Wildman–Crippen MR) is 99.2 cm³/mol. The first-order valence-electron chi connectivity index (χ1n) is 6.88. The van der Waals surface area contributed by atoms with Crippen molar-refractivity contribution in [2.75, 3.05) is 0 Å². The lowest BCUT2D eigenvalue weighted by atomic mass is 9.86. The Morgan fingerprint density at radius 2 is 1.61 bits per heavy atom. The molecule has 2 aromatic carbocycles. The van der Waals surface area contributed by atoms with E-state index in [1.54, 1.807) is 18.2 Å². The van der Waals surface area contributed by atoms with Gasteiger partial charge in [0.05, 0.1) is 4.47 Å². The topological polar surface area (TPSA) is 73.0 Å². The molecule has 2 rings (SSSR count). The summed E-state index contributed by atoms with van der Waals surface area (Å²) in [5.74, 6) is -0.459. The first-order valence-corrected chi connectivity index (χ1v) is 8.46. The summed E-state index contributed by atoms with van der Waals surface area (Å²) in [6.07, 6.45) is 1.44. The van der Waals surface area contributed by atoms with Crippen molar-refractivity contribution in [2.45, 2.75) is 26.2 Å². The number of phenolic OH excluding ortho intramolecular Hbond substituents is 3. The van der Waals surface area contributed by atoms with Crippen LogP contribution in [0.3, 0.4) is 0 Å². The summed E-state index contributed by atoms with van der Waals surface area (Å²) in [5.41, 5.74) is 1.37. The summed E-state index contributed by atoms with van der Waals surface area (Å²) in [6, 6.07) is 6.67. The Bertz CT molecular complexity index is 780. The summed E-state index contributed by atoms with van der Waals surface area (Å²) in [4.78, 5) is 4.22. The third kappa shape index (κ3) is 4.06. The normalized spacial score (nSPS) is 12.0. The average molecular weight is 443 g/mol. The van der Waals surface area contributed by atoms with Crippen molar-refractivity contribution in [1.29, 1.82) is 0 Å². The van der Waals surface area contributed by atoms with E-state index >= 15 is 0 Å². The molecule has 0 aliphatic rings. The third-order valence-electron chi connectivity index (χ3n) is 3.34. The minimum absolute atomic E-state index is 0.0487. The Balaban J connectivity index is 2.50. The smallest absolute Gasteiger partial charge is 0.183 e. The maximum atomic E-state index is 10.0. The summed E-state index contributed by atoms with van der Waals surface area (Å²) in [7, 11) is 0. The van der Waals surface area contributed by atoms with Gasteiger partial charge in [0.25, 0.3) is 0 Å². The maximum absolute atomic E-state index is 10.0. The van der Waals surface area contributed by atoms with Crippen molar-refractivity contribution < 1.29 is 15.3 Å². The second-order valence-corrected chi connectivity index (χ2v) is 7.97. The molecule has 0 radical (unpaired) electrons. The van der Waals surface area contributed by atoms with Crippen LogP contribution in [0.1, 0.15) is 31.9 Å². The molecule has 4 nitrogen and oxygen atoms in total. The van der Waals surface area contributed by atoms with E-state index in [0.29, 0.717) is 10.0 Å². The molecule has 0 saturated carbocycles. The molecule has 0 amide bonds. The molecule has 0 unspecified atom stereocenters. The lowest BCUT2D eigenvalue weighted by Gasteiger charge is -2.20. The molecule has 0 bridgehead atoms. The molecule has 0 saturated heterocycles. The minimum atomic E-state index is -0.289. The SMILES string of the molecule is CC(C)(C)c1cc(O)c(O)c(N=Cc2cc(Br)cc(Br)c2O)c1. The Morgan fingerprint density at radius 3 is 2.22 bits per heavy atom. The number of phenols is 3. The van der Waals surface area contributed by atoms with E-state index in [1.807, 2.05) is 20.8 Å². The standard InChI is InChI=1S/C17H17Br2NO3/c1-17(2,3)10-5-13(16(23)14(21)6-10)20-8-9-4-11(18)7-12(19)15(9)22/h4-8,21-23H,1-3H3. The van der Waals surface area contributed by atoms with E-state index in [9.17, 15) is 15.3 Å². The molecule has 122 valence electrons. The van der Waals surface area contributed by atoms with Crippen molar-refractivity contribution in [3.8, 4) is 17.2 Å². The molecule has 0 aliphatic heterocycles. The Labute approximate surface area is 151 Å². The highest BCUT2D eigenvalue weighted by atomic mass is 79.9. The Hall–Kier alpha value is -1.53. The van der Waals surface area contributed by atoms with Crippen molar-refractivity contribution in [1.82, 2.24) is 0 Å². The van der Waals surface area contributed by atoms with Crippen LogP contribution in [-0.4, -0.2) is 21.5 Å². The quantitative estimate of drug-likeness (QED) is 0.432. The summed E-state index contributed by atoms with van der Waals surface area (Å²) < 4.78 is 1.31. The maximum Gasteiger partial charge on any atom is 0.183 e. The van der Waals surface area contributed by atoms with Crippen molar-refractivity contribution >= 4 is 43.8 Å². The summed E-state index contributed by atoms with van der Waals surface area (Å²) in [6.45, 7) is 6.01. The number of aliphatic imine (C=N–C) groups is 1. The fourth-order valence-corrected chi connectivity index (χ4v) is 3.22. The number of halogens is 2. The van der Waals surface area contributed by atoms with Gasteiger partial charge in [-0.05, 0) is 51.2 Å². The van der Waals surface area contributed by atoms with E-state index in [4.69, 9.17) is 0 Å². The molecule has 0 heterocycles. The number of nitrogens with zero attached hydrogens (tertiary/aromatic N) is 1. The van der Waals surface area contributed by atoms with Crippen LogP contribution in [0.25, 0.3) is 0 Å². The summed E-state index contributed by atoms with van der Waals surface area (Å²) >= 11 is 6.60. The first kappa shape index (κ1) is 17.8. The van der Waals surface area contributed by atoms with Gasteiger partial charge in [-0.15, -0.1) is 0 Å². The van der Waals surface area contributed by atoms with Gasteiger partial charge >= 0.3 is 0 Å². The van der Waals surface area contributed by atoms with Gasteiger partial charge in [0.15, 0.2) is 11.5 Å². The highest BCUT2D eigenvalue weighted by molar-refractivity contribution is 9.11. The van der Waals surface area contributed by atoms with Crippen molar-refractivity contribution in [3.05, 3.63) is 44.3 Å². The number of rotatable bonds is 2. The molecular weight excluding hydrogens is 426 g/mol. The second kappa shape index (κ2) is 6.53. The number of aromatic hydroxyl groups is 3. The van der Waals surface area contributed by atoms with E-state index in [-0.39, 0.29) is 28.4 Å². The van der Waals surface area contributed by atoms with Crippen molar-refractivity contribution in [3.63, 3.8) is 0 Å². The molecule has 0 spiro atoms. The fraction of sp³-hybridized carbons (Fsp3) is 0.235. The van der Waals surface area contributed by atoms with Crippen molar-refractivity contribution in [2.24, 2.45) is 4.99 Å². The van der Waals surface area contributed by atoms with Crippen LogP contribution in [-0.2, 0) is 5.41 Å². The highest BCUT2D eigenvalue weighted by Gasteiger charge is 2.18. The Kier molecular flexibility index (Phi) is 5.06. The fourth-order valence-electron chi connectivity index (χ4n) is 1.96. The van der Waals surface area contributed by atoms with Gasteiger partial charge in [0, 0.05) is 16.3 Å². The molecule has 2 aromatic rings. The van der Waals surface area contributed by atoms with Gasteiger partial charge in [0.1, 0.15) is 11.4 Å². The summed E-state index contributed by atoms with van der Waals surface area (Å²) in [5, 5.41) is 29.9. The lowest BCUT2D eigenvalue weighted by Crippen LogP contribution is -2.10. The van der Waals surface area contributed by atoms with Crippen LogP contribution in [0.4, 0.5) is 5.69 Å². The molecule has 0 aliphatic carbocycles. The second-order valence-electron chi connectivity index (χ2n) is 6.20. The van der Waals surface area contributed by atoms with E-state index in [2.05, 4.69) is 36.9 Å². The first-order chi connectivity index (χ1) is 10.6. The monoisotopic (exact) mass is 441 g/mol. The van der Waals surface area contributed by atoms with Crippen LogP contribution >= 0.6 is 31.9 Å². The van der Waals surface area contributed by atoms with Crippen LogP contribution in [0, 0.1) is 0 Å². The zero-order valence-electron chi connectivity index (χ0n) is 12.9. The molecule has 0 aromatic heterocycles. The van der Waals surface area contributed by atoms with E-state index in [1.165, 1.54) is 12.3 Å². The number of hydrogen-bond donors (Lipinski definition) is 3. The lowest BCUT2D eigenvalue weighted by molar-refractivity contribution is 0.403. The molecular formula is C17H17Br2NO3. The van der Waals surface area contributed by atoms with Crippen LogP contribution in [0.2, 0.25) is 0 Å². The number of hydrogen-bond acceptors (Lipinski definition) is 4. The van der Waals surface area contributed by atoms with E-state index in [0.717, 1.165) is 10.0 Å². The van der Waals surface area contributed by atoms with Gasteiger partial charge in [-0.3, -0.25) is 4.99 Å². The zero-order chi connectivity index (χ0) is 17.4. The predicted octanol–water partition coefficient (Wildman–Crippen LogP) is 5.38. The van der Waals surface area contributed by atoms with Crippen LogP contribution in [0.5, 0.6) is 17.2 Å². The van der Waals surface area contributed by atoms with Gasteiger partial charge in [-0.25, -0.2) is 0 Å². The Morgan fingerprint density at radius 1 is 0.957 bits per heavy atom. The average Bonchev–Trinajstić information content (AvgIpc) is 2.43. The highest BCUT2D eigenvalue weighted by Crippen LogP contribution is 2.40. The van der Waals surface area contributed by atoms with Crippen LogP contribution in [0.15, 0.2) is 38.2 Å². The largest absolute Gasteiger partial charge is 0.506 e. The van der Waals surface area contributed by atoms with E-state index < -0.39 is 0 Å². The minimum Gasteiger partial charge on any atom is -0.506 e. The van der Waals surface area contributed by atoms with Crippen LogP contribution < -0.4 is 0 Å². The molecule has 3 N–H and O–H groups in total. The number of benzene rings is 2.